The lowest BCUT2D eigenvalue weighted by Gasteiger charge is -2.27. The van der Waals surface area contributed by atoms with Gasteiger partial charge in [0.15, 0.2) is 5.78 Å². The van der Waals surface area contributed by atoms with Crippen molar-refractivity contribution in [1.82, 2.24) is 5.32 Å². The van der Waals surface area contributed by atoms with E-state index in [1.807, 2.05) is 31.2 Å². The molecule has 0 bridgehead atoms. The predicted octanol–water partition coefficient (Wildman–Crippen LogP) is 2.48. The predicted molar refractivity (Wildman–Crippen MR) is 103 cm³/mol. The maximum absolute atomic E-state index is 13.1. The molecule has 0 amide bonds. The monoisotopic (exact) mass is 369 g/mol. The first-order valence-corrected chi connectivity index (χ1v) is 8.96. The van der Waals surface area contributed by atoms with Crippen molar-refractivity contribution < 1.29 is 14.5 Å². The van der Waals surface area contributed by atoms with E-state index >= 15 is 0 Å². The smallest absolute Gasteiger partial charge is 0.292 e. The average Bonchev–Trinajstić information content (AvgIpc) is 2.69. The minimum atomic E-state index is -0.626. The summed E-state index contributed by atoms with van der Waals surface area (Å²) in [7, 11) is 0. The van der Waals surface area contributed by atoms with Crippen LogP contribution in [0.15, 0.2) is 48.5 Å². The van der Waals surface area contributed by atoms with Crippen molar-refractivity contribution in [3.8, 4) is 0 Å². The Morgan fingerprint density at radius 1 is 1.30 bits per heavy atom. The molecule has 142 valence electrons. The zero-order valence-electron chi connectivity index (χ0n) is 15.2. The number of carbonyl (C=O) groups excluding carboxylic acids is 1. The van der Waals surface area contributed by atoms with Gasteiger partial charge in [0.05, 0.1) is 17.6 Å². The molecule has 2 unspecified atom stereocenters. The van der Waals surface area contributed by atoms with Gasteiger partial charge >= 0.3 is 0 Å². The van der Waals surface area contributed by atoms with E-state index in [0.29, 0.717) is 31.8 Å². The van der Waals surface area contributed by atoms with Gasteiger partial charge in [-0.2, -0.15) is 0 Å². The number of aryl methyl sites for hydroxylation is 1. The van der Waals surface area contributed by atoms with Gasteiger partial charge in [0.25, 0.3) is 5.69 Å². The molecule has 0 aromatic heterocycles. The molecule has 1 heterocycles. The van der Waals surface area contributed by atoms with E-state index in [2.05, 4.69) is 10.6 Å². The first-order valence-electron chi connectivity index (χ1n) is 8.96. The van der Waals surface area contributed by atoms with Gasteiger partial charge in [-0.15, -0.1) is 0 Å². The normalized spacial score (nSPS) is 17.9. The molecule has 2 N–H and O–H groups in total. The molecule has 0 spiro atoms. The maximum Gasteiger partial charge on any atom is 0.292 e. The average molecular weight is 369 g/mol. The fraction of sp³-hybridized carbons (Fsp3) is 0.350. The third-order valence-electron chi connectivity index (χ3n) is 4.58. The number of ketones is 1. The van der Waals surface area contributed by atoms with E-state index in [-0.39, 0.29) is 11.5 Å². The van der Waals surface area contributed by atoms with Crippen LogP contribution in [0.4, 0.5) is 11.4 Å². The molecule has 27 heavy (non-hydrogen) atoms. The van der Waals surface area contributed by atoms with Gasteiger partial charge in [0.1, 0.15) is 11.8 Å². The van der Waals surface area contributed by atoms with Crippen molar-refractivity contribution in [2.45, 2.75) is 25.5 Å². The van der Waals surface area contributed by atoms with Crippen LogP contribution in [0.25, 0.3) is 0 Å². The Morgan fingerprint density at radius 3 is 2.70 bits per heavy atom. The Bertz CT molecular complexity index is 801. The van der Waals surface area contributed by atoms with Crippen LogP contribution in [0.5, 0.6) is 0 Å². The van der Waals surface area contributed by atoms with Crippen LogP contribution in [0.3, 0.4) is 0 Å². The van der Waals surface area contributed by atoms with E-state index < -0.39 is 17.1 Å². The molecule has 0 saturated carbocycles. The zero-order chi connectivity index (χ0) is 19.2. The van der Waals surface area contributed by atoms with Crippen molar-refractivity contribution in [3.05, 3.63) is 69.8 Å². The van der Waals surface area contributed by atoms with Crippen molar-refractivity contribution in [2.75, 3.05) is 25.0 Å². The number of nitrogens with zero attached hydrogens (tertiary/aromatic N) is 1. The highest BCUT2D eigenvalue weighted by molar-refractivity contribution is 5.91. The van der Waals surface area contributed by atoms with Gasteiger partial charge < -0.3 is 15.4 Å². The van der Waals surface area contributed by atoms with Crippen molar-refractivity contribution >= 4 is 17.2 Å². The van der Waals surface area contributed by atoms with Crippen LogP contribution in [-0.2, 0) is 16.0 Å². The van der Waals surface area contributed by atoms with E-state index in [4.69, 9.17) is 4.74 Å². The molecule has 2 atom stereocenters. The number of Topliss-reactive ketones (excluding diaryl/α,β-unsaturated/α-hetero) is 1. The molecule has 7 nitrogen and oxygen atoms in total. The number of morpholine rings is 1. The number of hydrogen-bond acceptors (Lipinski definition) is 6. The highest BCUT2D eigenvalue weighted by atomic mass is 16.6. The van der Waals surface area contributed by atoms with Crippen LogP contribution in [0.1, 0.15) is 11.1 Å². The van der Waals surface area contributed by atoms with E-state index in [1.54, 1.807) is 18.2 Å². The lowest BCUT2D eigenvalue weighted by Crippen LogP contribution is -2.49. The van der Waals surface area contributed by atoms with Crippen molar-refractivity contribution in [3.63, 3.8) is 0 Å². The van der Waals surface area contributed by atoms with Crippen molar-refractivity contribution in [1.29, 1.82) is 0 Å². The zero-order valence-corrected chi connectivity index (χ0v) is 15.2. The SMILES string of the molecule is Cc1ccc(CC(Nc2ccccc2[N+](=O)[O-])C(=O)C2CNCCO2)cc1. The number of nitrogens with one attached hydrogen (secondary N) is 2. The summed E-state index contributed by atoms with van der Waals surface area (Å²) in [5, 5.41) is 17.6. The minimum Gasteiger partial charge on any atom is -0.369 e. The van der Waals surface area contributed by atoms with Gasteiger partial charge in [0, 0.05) is 19.2 Å². The number of rotatable bonds is 7. The summed E-state index contributed by atoms with van der Waals surface area (Å²) in [6.07, 6.45) is -0.144. The van der Waals surface area contributed by atoms with Crippen LogP contribution in [0.2, 0.25) is 0 Å². The summed E-state index contributed by atoms with van der Waals surface area (Å²) in [6.45, 7) is 3.63. The molecule has 0 radical (unpaired) electrons. The highest BCUT2D eigenvalue weighted by Crippen LogP contribution is 2.25. The van der Waals surface area contributed by atoms with Crippen LogP contribution in [-0.4, -0.2) is 42.5 Å². The maximum atomic E-state index is 13.1. The summed E-state index contributed by atoms with van der Waals surface area (Å²) < 4.78 is 5.61. The Morgan fingerprint density at radius 2 is 2.04 bits per heavy atom. The lowest BCUT2D eigenvalue weighted by atomic mass is 9.97. The highest BCUT2D eigenvalue weighted by Gasteiger charge is 2.30. The minimum absolute atomic E-state index is 0.0538. The molecule has 7 heteroatoms. The quantitative estimate of drug-likeness (QED) is 0.575. The Labute approximate surface area is 157 Å². The van der Waals surface area contributed by atoms with Gasteiger partial charge in [-0.3, -0.25) is 14.9 Å². The second-order valence-electron chi connectivity index (χ2n) is 6.63. The summed E-state index contributed by atoms with van der Waals surface area (Å²) in [5.41, 5.74) is 2.39. The first-order chi connectivity index (χ1) is 13.0. The van der Waals surface area contributed by atoms with Gasteiger partial charge in [-0.25, -0.2) is 0 Å². The molecule has 1 aliphatic rings. The van der Waals surface area contributed by atoms with Gasteiger partial charge in [-0.05, 0) is 25.0 Å². The standard InChI is InChI=1S/C20H23N3O4/c1-14-6-8-15(9-7-14)12-17(20(24)19-13-21-10-11-27-19)22-16-4-2-3-5-18(16)23(25)26/h2-9,17,19,21-22H,10-13H2,1H3. The number of para-hydroxylation sites is 2. The Hall–Kier alpha value is -2.77. The van der Waals surface area contributed by atoms with E-state index in [0.717, 1.165) is 11.1 Å². The number of nitro groups is 1. The molecule has 1 fully saturated rings. The molecular weight excluding hydrogens is 346 g/mol. The summed E-state index contributed by atoms with van der Waals surface area (Å²) in [6, 6.07) is 13.6. The number of nitro benzene ring substituents is 1. The van der Waals surface area contributed by atoms with Crippen LogP contribution < -0.4 is 10.6 Å². The molecule has 0 aliphatic carbocycles. The van der Waals surface area contributed by atoms with Crippen LogP contribution in [0, 0.1) is 17.0 Å². The van der Waals surface area contributed by atoms with Gasteiger partial charge in [0.2, 0.25) is 0 Å². The Balaban J connectivity index is 1.85. The molecule has 2 aromatic rings. The number of hydrogen-bond donors (Lipinski definition) is 2. The second kappa shape index (κ2) is 8.75. The lowest BCUT2D eigenvalue weighted by molar-refractivity contribution is -0.384. The first kappa shape index (κ1) is 19.0. The molecular formula is C20H23N3O4. The van der Waals surface area contributed by atoms with Crippen molar-refractivity contribution in [2.24, 2.45) is 0 Å². The number of ether oxygens (including phenoxy) is 1. The number of benzene rings is 2. The largest absolute Gasteiger partial charge is 0.369 e. The summed E-state index contributed by atoms with van der Waals surface area (Å²) >= 11 is 0. The number of carbonyl (C=O) groups is 1. The van der Waals surface area contributed by atoms with Gasteiger partial charge in [-0.1, -0.05) is 42.0 Å². The summed E-state index contributed by atoms with van der Waals surface area (Å²) in [5.74, 6) is -0.110. The second-order valence-corrected chi connectivity index (χ2v) is 6.63. The summed E-state index contributed by atoms with van der Waals surface area (Å²) in [4.78, 5) is 23.9. The Kier molecular flexibility index (Phi) is 6.16. The third kappa shape index (κ3) is 4.90. The molecule has 1 saturated heterocycles. The van der Waals surface area contributed by atoms with E-state index in [9.17, 15) is 14.9 Å². The number of anilines is 1. The van der Waals surface area contributed by atoms with Crippen LogP contribution >= 0.6 is 0 Å². The fourth-order valence-corrected chi connectivity index (χ4v) is 3.10. The molecule has 3 rings (SSSR count). The molecule has 2 aromatic carbocycles. The van der Waals surface area contributed by atoms with E-state index in [1.165, 1.54) is 6.07 Å². The fourth-order valence-electron chi connectivity index (χ4n) is 3.10. The molecule has 1 aliphatic heterocycles. The topological polar surface area (TPSA) is 93.5 Å². The third-order valence-corrected chi connectivity index (χ3v) is 4.58.